The summed E-state index contributed by atoms with van der Waals surface area (Å²) < 4.78 is 26.6. The van der Waals surface area contributed by atoms with Gasteiger partial charge in [-0.3, -0.25) is 4.72 Å². The third kappa shape index (κ3) is 13.6. The van der Waals surface area contributed by atoms with E-state index in [1.54, 1.807) is 12.1 Å². The Kier molecular flexibility index (Phi) is 13.0. The summed E-state index contributed by atoms with van der Waals surface area (Å²) in [5.74, 6) is 0.201. The maximum absolute atomic E-state index is 12.0. The Balaban J connectivity index is 1.93. The summed E-state index contributed by atoms with van der Waals surface area (Å²) in [6, 6.07) is 6.20. The Morgan fingerprint density at radius 3 is 1.74 bits per heavy atom. The fraction of sp³-hybridized carbons (Fsp3) is 0.727. The molecule has 4 nitrogen and oxygen atoms in total. The minimum absolute atomic E-state index is 0.0618. The number of anilines is 1. The van der Waals surface area contributed by atoms with Crippen LogP contribution in [0, 0.1) is 0 Å². The molecule has 0 saturated heterocycles. The van der Waals surface area contributed by atoms with Crippen LogP contribution in [0.2, 0.25) is 0 Å². The van der Waals surface area contributed by atoms with Crippen LogP contribution in [0.15, 0.2) is 24.3 Å². The zero-order valence-corrected chi connectivity index (χ0v) is 17.9. The molecule has 0 aliphatic heterocycles. The highest BCUT2D eigenvalue weighted by Gasteiger charge is 2.10. The fourth-order valence-corrected chi connectivity index (χ4v) is 4.46. The summed E-state index contributed by atoms with van der Waals surface area (Å²) in [6.45, 7) is 2.26. The standard InChI is InChI=1S/C22H39NO3S/c1-2-3-4-5-6-7-8-9-10-11-12-13-14-15-19-27(25,26)23-21-17-16-18-22(24)20-21/h16-18,20,23-24H,2-15,19H2,1H3. The third-order valence-corrected chi connectivity index (χ3v) is 6.26. The average Bonchev–Trinajstić information content (AvgIpc) is 2.61. The van der Waals surface area contributed by atoms with Crippen molar-refractivity contribution in [2.45, 2.75) is 96.8 Å². The van der Waals surface area contributed by atoms with Gasteiger partial charge in [-0.15, -0.1) is 0 Å². The van der Waals surface area contributed by atoms with E-state index in [0.29, 0.717) is 12.1 Å². The van der Waals surface area contributed by atoms with Crippen LogP contribution >= 0.6 is 0 Å². The predicted octanol–water partition coefficient (Wildman–Crippen LogP) is 6.62. The van der Waals surface area contributed by atoms with Crippen molar-refractivity contribution in [3.05, 3.63) is 24.3 Å². The number of rotatable bonds is 17. The van der Waals surface area contributed by atoms with Crippen molar-refractivity contribution in [2.24, 2.45) is 0 Å². The molecule has 0 aliphatic carbocycles. The van der Waals surface area contributed by atoms with Crippen LogP contribution in [0.5, 0.6) is 5.75 Å². The van der Waals surface area contributed by atoms with E-state index in [2.05, 4.69) is 11.6 Å². The number of hydrogen-bond donors (Lipinski definition) is 2. The second-order valence-corrected chi connectivity index (χ2v) is 9.41. The molecule has 1 aromatic rings. The topological polar surface area (TPSA) is 66.4 Å². The molecular weight excluding hydrogens is 358 g/mol. The van der Waals surface area contributed by atoms with Crippen LogP contribution in [0.4, 0.5) is 5.69 Å². The smallest absolute Gasteiger partial charge is 0.232 e. The highest BCUT2D eigenvalue weighted by Crippen LogP contribution is 2.17. The van der Waals surface area contributed by atoms with Gasteiger partial charge in [-0.2, -0.15) is 0 Å². The van der Waals surface area contributed by atoms with Crippen molar-refractivity contribution >= 4 is 15.7 Å². The average molecular weight is 398 g/mol. The molecule has 0 atom stereocenters. The van der Waals surface area contributed by atoms with Crippen LogP contribution in [0.3, 0.4) is 0 Å². The quantitative estimate of drug-likeness (QED) is 0.290. The second-order valence-electron chi connectivity index (χ2n) is 7.57. The second kappa shape index (κ2) is 14.8. The van der Waals surface area contributed by atoms with E-state index in [9.17, 15) is 13.5 Å². The first-order chi connectivity index (χ1) is 13.0. The van der Waals surface area contributed by atoms with E-state index in [0.717, 1.165) is 12.8 Å². The van der Waals surface area contributed by atoms with Gasteiger partial charge in [-0.25, -0.2) is 8.42 Å². The van der Waals surface area contributed by atoms with E-state index < -0.39 is 10.0 Å². The molecule has 0 amide bonds. The molecule has 1 rings (SSSR count). The van der Waals surface area contributed by atoms with E-state index in [-0.39, 0.29) is 11.5 Å². The number of sulfonamides is 1. The molecule has 0 saturated carbocycles. The van der Waals surface area contributed by atoms with Crippen molar-refractivity contribution in [2.75, 3.05) is 10.5 Å². The Bertz CT molecular complexity index is 587. The predicted molar refractivity (Wildman–Crippen MR) is 116 cm³/mol. The van der Waals surface area contributed by atoms with Crippen LogP contribution in [0.25, 0.3) is 0 Å². The van der Waals surface area contributed by atoms with E-state index in [4.69, 9.17) is 0 Å². The number of phenols is 1. The fourth-order valence-electron chi connectivity index (χ4n) is 3.29. The number of phenolic OH excluding ortho intramolecular Hbond substituents is 1. The highest BCUT2D eigenvalue weighted by molar-refractivity contribution is 7.92. The van der Waals surface area contributed by atoms with E-state index >= 15 is 0 Å². The lowest BCUT2D eigenvalue weighted by atomic mass is 10.0. The Hall–Kier alpha value is -1.23. The van der Waals surface area contributed by atoms with Crippen molar-refractivity contribution in [3.63, 3.8) is 0 Å². The lowest BCUT2D eigenvalue weighted by Crippen LogP contribution is -2.16. The van der Waals surface area contributed by atoms with Gasteiger partial charge in [0.25, 0.3) is 0 Å². The van der Waals surface area contributed by atoms with Crippen molar-refractivity contribution in [3.8, 4) is 5.75 Å². The summed E-state index contributed by atoms with van der Waals surface area (Å²) in [5, 5.41) is 9.38. The maximum Gasteiger partial charge on any atom is 0.232 e. The Morgan fingerprint density at radius 1 is 0.778 bits per heavy atom. The van der Waals surface area contributed by atoms with Gasteiger partial charge in [-0.1, -0.05) is 96.5 Å². The molecule has 1 aromatic carbocycles. The van der Waals surface area contributed by atoms with E-state index in [1.165, 1.54) is 82.8 Å². The number of nitrogens with one attached hydrogen (secondary N) is 1. The first kappa shape index (κ1) is 23.8. The first-order valence-corrected chi connectivity index (χ1v) is 12.5. The monoisotopic (exact) mass is 397 g/mol. The lowest BCUT2D eigenvalue weighted by Gasteiger charge is -2.08. The molecule has 5 heteroatoms. The van der Waals surface area contributed by atoms with Crippen molar-refractivity contribution in [1.29, 1.82) is 0 Å². The van der Waals surface area contributed by atoms with Crippen LogP contribution in [-0.4, -0.2) is 19.3 Å². The van der Waals surface area contributed by atoms with Gasteiger partial charge >= 0.3 is 0 Å². The number of aromatic hydroxyl groups is 1. The van der Waals surface area contributed by atoms with Crippen LogP contribution in [-0.2, 0) is 10.0 Å². The molecule has 0 bridgehead atoms. The van der Waals surface area contributed by atoms with Crippen molar-refractivity contribution in [1.82, 2.24) is 0 Å². The van der Waals surface area contributed by atoms with Gasteiger partial charge in [0.15, 0.2) is 0 Å². The molecule has 156 valence electrons. The summed E-state index contributed by atoms with van der Waals surface area (Å²) in [5.41, 5.74) is 0.417. The molecule has 0 aromatic heterocycles. The highest BCUT2D eigenvalue weighted by atomic mass is 32.2. The molecule has 0 aliphatic rings. The van der Waals surface area contributed by atoms with Gasteiger partial charge in [0, 0.05) is 6.07 Å². The van der Waals surface area contributed by atoms with Crippen LogP contribution in [0.1, 0.15) is 96.8 Å². The maximum atomic E-state index is 12.0. The molecule has 0 unspecified atom stereocenters. The van der Waals surface area contributed by atoms with Gasteiger partial charge < -0.3 is 5.11 Å². The molecule has 0 heterocycles. The molecule has 0 fully saturated rings. The largest absolute Gasteiger partial charge is 0.508 e. The number of benzene rings is 1. The number of unbranched alkanes of at least 4 members (excludes halogenated alkanes) is 13. The molecule has 0 spiro atoms. The molecule has 0 radical (unpaired) electrons. The van der Waals surface area contributed by atoms with Gasteiger partial charge in [0.1, 0.15) is 5.75 Å². The summed E-state index contributed by atoms with van der Waals surface area (Å²) in [7, 11) is -3.33. The molecular formula is C22H39NO3S. The lowest BCUT2D eigenvalue weighted by molar-refractivity contribution is 0.475. The number of hydrogen-bond acceptors (Lipinski definition) is 3. The van der Waals surface area contributed by atoms with Gasteiger partial charge in [0.05, 0.1) is 11.4 Å². The van der Waals surface area contributed by atoms with Gasteiger partial charge in [-0.05, 0) is 18.6 Å². The van der Waals surface area contributed by atoms with Crippen LogP contribution < -0.4 is 4.72 Å². The Morgan fingerprint density at radius 2 is 1.26 bits per heavy atom. The summed E-state index contributed by atoms with van der Waals surface area (Å²) in [4.78, 5) is 0. The first-order valence-electron chi connectivity index (χ1n) is 10.8. The molecule has 27 heavy (non-hydrogen) atoms. The van der Waals surface area contributed by atoms with E-state index in [1.807, 2.05) is 0 Å². The van der Waals surface area contributed by atoms with Gasteiger partial charge in [0.2, 0.25) is 10.0 Å². The minimum Gasteiger partial charge on any atom is -0.508 e. The zero-order chi connectivity index (χ0) is 19.8. The summed E-state index contributed by atoms with van der Waals surface area (Å²) in [6.07, 6.45) is 17.5. The normalized spacial score (nSPS) is 11.6. The minimum atomic E-state index is -3.33. The third-order valence-electron chi connectivity index (χ3n) is 4.89. The zero-order valence-electron chi connectivity index (χ0n) is 17.1. The van der Waals surface area contributed by atoms with Crippen molar-refractivity contribution < 1.29 is 13.5 Å². The molecule has 2 N–H and O–H groups in total. The Labute approximate surface area is 166 Å². The SMILES string of the molecule is CCCCCCCCCCCCCCCCS(=O)(=O)Nc1cccc(O)c1. The summed E-state index contributed by atoms with van der Waals surface area (Å²) >= 11 is 0.